The molecule has 1 aliphatic rings. The first kappa shape index (κ1) is 9.64. The molecule has 0 unspecified atom stereocenters. The van der Waals surface area contributed by atoms with E-state index in [1.165, 1.54) is 0 Å². The van der Waals surface area contributed by atoms with Crippen LogP contribution in [0, 0.1) is 0 Å². The smallest absolute Gasteiger partial charge is 0.131 e. The number of carbonyl (C=O) groups is 1. The van der Waals surface area contributed by atoms with Crippen molar-refractivity contribution in [1.29, 1.82) is 0 Å². The van der Waals surface area contributed by atoms with E-state index in [4.69, 9.17) is 10.5 Å². The highest BCUT2D eigenvalue weighted by molar-refractivity contribution is 5.75. The van der Waals surface area contributed by atoms with Crippen LogP contribution in [0.1, 0.15) is 13.3 Å². The lowest BCUT2D eigenvalue weighted by atomic mass is 10.3. The third-order valence-electron chi connectivity index (χ3n) is 1.96. The van der Waals surface area contributed by atoms with Crippen LogP contribution in [-0.2, 0) is 9.53 Å². The second-order valence-electron chi connectivity index (χ2n) is 3.16. The molecule has 1 saturated heterocycles. The van der Waals surface area contributed by atoms with E-state index in [9.17, 15) is 4.79 Å². The second-order valence-corrected chi connectivity index (χ2v) is 3.16. The Balaban J connectivity index is 2.18. The van der Waals surface area contributed by atoms with E-state index in [0.717, 1.165) is 19.6 Å². The van der Waals surface area contributed by atoms with Gasteiger partial charge in [0.15, 0.2) is 0 Å². The minimum absolute atomic E-state index is 0.175. The van der Waals surface area contributed by atoms with Crippen molar-refractivity contribution in [2.45, 2.75) is 19.6 Å². The molecule has 4 nitrogen and oxygen atoms in total. The summed E-state index contributed by atoms with van der Waals surface area (Å²) in [5, 5.41) is 0. The van der Waals surface area contributed by atoms with Crippen molar-refractivity contribution in [2.75, 3.05) is 26.2 Å². The number of Topliss-reactive ketones (excluding diaryl/α,β-unsaturated/α-hetero) is 1. The number of hydrogen-bond donors (Lipinski definition) is 1. The second kappa shape index (κ2) is 4.54. The number of morpholine rings is 1. The van der Waals surface area contributed by atoms with Crippen LogP contribution < -0.4 is 5.73 Å². The van der Waals surface area contributed by atoms with Crippen LogP contribution in [0.4, 0.5) is 0 Å². The van der Waals surface area contributed by atoms with Crippen LogP contribution in [0.15, 0.2) is 0 Å². The average Bonchev–Trinajstić information content (AvgIpc) is 2.01. The van der Waals surface area contributed by atoms with E-state index >= 15 is 0 Å². The summed E-state index contributed by atoms with van der Waals surface area (Å²) in [6.07, 6.45) is 0.443. The quantitative estimate of drug-likeness (QED) is 0.628. The van der Waals surface area contributed by atoms with Crippen LogP contribution in [0.2, 0.25) is 0 Å². The van der Waals surface area contributed by atoms with Crippen LogP contribution in [-0.4, -0.2) is 43.2 Å². The molecule has 1 heterocycles. The molecule has 2 N–H and O–H groups in total. The van der Waals surface area contributed by atoms with Gasteiger partial charge in [0.2, 0.25) is 0 Å². The molecule has 1 aliphatic heterocycles. The fraction of sp³-hybridized carbons (Fsp3) is 0.875. The van der Waals surface area contributed by atoms with E-state index in [1.54, 1.807) is 6.92 Å². The van der Waals surface area contributed by atoms with Gasteiger partial charge in [-0.1, -0.05) is 0 Å². The first-order valence-corrected chi connectivity index (χ1v) is 4.27. The molecular formula is C8H16N2O2. The van der Waals surface area contributed by atoms with Gasteiger partial charge in [0.1, 0.15) is 12.0 Å². The van der Waals surface area contributed by atoms with Gasteiger partial charge in [-0.25, -0.2) is 0 Å². The molecule has 4 heteroatoms. The summed E-state index contributed by atoms with van der Waals surface area (Å²) in [6, 6.07) is 0. The van der Waals surface area contributed by atoms with Gasteiger partial charge in [0.25, 0.3) is 0 Å². The molecule has 0 radical (unpaired) electrons. The maximum atomic E-state index is 10.7. The maximum absolute atomic E-state index is 10.7. The van der Waals surface area contributed by atoms with E-state index < -0.39 is 0 Å². The highest BCUT2D eigenvalue weighted by atomic mass is 16.5. The van der Waals surface area contributed by atoms with Gasteiger partial charge in [-0.05, 0) is 6.92 Å². The molecule has 0 spiro atoms. The minimum atomic E-state index is -0.175. The van der Waals surface area contributed by atoms with Crippen molar-refractivity contribution in [1.82, 2.24) is 4.90 Å². The van der Waals surface area contributed by atoms with Crippen molar-refractivity contribution >= 4 is 5.78 Å². The predicted molar refractivity (Wildman–Crippen MR) is 45.7 cm³/mol. The zero-order chi connectivity index (χ0) is 8.97. The van der Waals surface area contributed by atoms with Crippen LogP contribution in [0.5, 0.6) is 0 Å². The first-order chi connectivity index (χ1) is 5.68. The highest BCUT2D eigenvalue weighted by Gasteiger charge is 2.16. The predicted octanol–water partition coefficient (Wildman–Crippen LogP) is -0.417. The number of ether oxygens (including phenoxy) is 1. The Kier molecular flexibility index (Phi) is 3.65. The van der Waals surface area contributed by atoms with E-state index in [2.05, 4.69) is 4.90 Å². The van der Waals surface area contributed by atoms with Crippen LogP contribution in [0.25, 0.3) is 0 Å². The lowest BCUT2D eigenvalue weighted by Crippen LogP contribution is -2.47. The zero-order valence-electron chi connectivity index (χ0n) is 7.45. The lowest BCUT2D eigenvalue weighted by Gasteiger charge is -2.30. The lowest BCUT2D eigenvalue weighted by molar-refractivity contribution is -0.117. The summed E-state index contributed by atoms with van der Waals surface area (Å²) in [4.78, 5) is 12.8. The van der Waals surface area contributed by atoms with Gasteiger partial charge in [-0.3, -0.25) is 9.69 Å². The molecule has 1 fully saturated rings. The normalized spacial score (nSPS) is 25.7. The molecular weight excluding hydrogens is 156 g/mol. The van der Waals surface area contributed by atoms with Crippen molar-refractivity contribution in [3.8, 4) is 0 Å². The van der Waals surface area contributed by atoms with Gasteiger partial charge < -0.3 is 10.5 Å². The summed E-state index contributed by atoms with van der Waals surface area (Å²) >= 11 is 0. The molecule has 1 atom stereocenters. The van der Waals surface area contributed by atoms with Gasteiger partial charge >= 0.3 is 0 Å². The molecule has 70 valence electrons. The molecule has 0 saturated carbocycles. The maximum Gasteiger partial charge on any atom is 0.131 e. The number of hydrogen-bond acceptors (Lipinski definition) is 4. The van der Waals surface area contributed by atoms with Crippen LogP contribution >= 0.6 is 0 Å². The number of rotatable bonds is 3. The Morgan fingerprint density at radius 3 is 3.08 bits per heavy atom. The molecule has 0 aromatic carbocycles. The van der Waals surface area contributed by atoms with Crippen LogP contribution in [0.3, 0.4) is 0 Å². The number of nitrogens with zero attached hydrogens (tertiary/aromatic N) is 1. The fourth-order valence-electron chi connectivity index (χ4n) is 1.25. The molecule has 1 rings (SSSR count). The molecule has 0 aromatic rings. The first-order valence-electron chi connectivity index (χ1n) is 4.27. The summed E-state index contributed by atoms with van der Waals surface area (Å²) in [5.74, 6) is 0.232. The fourth-order valence-corrected chi connectivity index (χ4v) is 1.25. The molecule has 12 heavy (non-hydrogen) atoms. The SMILES string of the molecule is CC(=O)CCN1CCO[C@H](N)C1. The van der Waals surface area contributed by atoms with E-state index in [1.807, 2.05) is 0 Å². The topological polar surface area (TPSA) is 55.6 Å². The molecule has 0 aromatic heterocycles. The summed E-state index contributed by atoms with van der Waals surface area (Å²) in [7, 11) is 0. The third kappa shape index (κ3) is 3.30. The molecule has 0 amide bonds. The molecule has 0 aliphatic carbocycles. The van der Waals surface area contributed by atoms with Gasteiger partial charge in [-0.15, -0.1) is 0 Å². The largest absolute Gasteiger partial charge is 0.361 e. The standard InChI is InChI=1S/C8H16N2O2/c1-7(11)2-3-10-4-5-12-8(9)6-10/h8H,2-6,9H2,1H3/t8-/m0/s1. The Hall–Kier alpha value is -0.450. The average molecular weight is 172 g/mol. The zero-order valence-corrected chi connectivity index (χ0v) is 7.45. The highest BCUT2D eigenvalue weighted by Crippen LogP contribution is 2.01. The Morgan fingerprint density at radius 1 is 1.75 bits per heavy atom. The van der Waals surface area contributed by atoms with Crippen molar-refractivity contribution in [3.05, 3.63) is 0 Å². The van der Waals surface area contributed by atoms with Crippen molar-refractivity contribution < 1.29 is 9.53 Å². The van der Waals surface area contributed by atoms with Gasteiger partial charge in [0, 0.05) is 26.1 Å². The summed E-state index contributed by atoms with van der Waals surface area (Å²) in [5.41, 5.74) is 5.58. The monoisotopic (exact) mass is 172 g/mol. The number of ketones is 1. The van der Waals surface area contributed by atoms with Crippen molar-refractivity contribution in [3.63, 3.8) is 0 Å². The summed E-state index contributed by atoms with van der Waals surface area (Å²) < 4.78 is 5.17. The Labute approximate surface area is 72.7 Å². The Morgan fingerprint density at radius 2 is 2.50 bits per heavy atom. The minimum Gasteiger partial charge on any atom is -0.361 e. The van der Waals surface area contributed by atoms with E-state index in [-0.39, 0.29) is 12.0 Å². The summed E-state index contributed by atoms with van der Waals surface area (Å²) in [6.45, 7) is 4.74. The van der Waals surface area contributed by atoms with Gasteiger partial charge in [-0.2, -0.15) is 0 Å². The third-order valence-corrected chi connectivity index (χ3v) is 1.96. The van der Waals surface area contributed by atoms with Crippen molar-refractivity contribution in [2.24, 2.45) is 5.73 Å². The number of carbonyl (C=O) groups excluding carboxylic acids is 1. The Bertz CT molecular complexity index is 161. The molecule has 0 bridgehead atoms. The van der Waals surface area contributed by atoms with Gasteiger partial charge in [0.05, 0.1) is 6.61 Å². The van der Waals surface area contributed by atoms with E-state index in [0.29, 0.717) is 13.0 Å². The number of nitrogens with two attached hydrogens (primary N) is 1.